The van der Waals surface area contributed by atoms with Crippen LogP contribution in [0.3, 0.4) is 0 Å². The van der Waals surface area contributed by atoms with Gasteiger partial charge in [0.05, 0.1) is 0 Å². The minimum Gasteiger partial charge on any atom is -0.477 e. The van der Waals surface area contributed by atoms with E-state index in [0.29, 0.717) is 0 Å². The van der Waals surface area contributed by atoms with E-state index >= 15 is 0 Å². The molecule has 0 radical (unpaired) electrons. The molecule has 1 aliphatic heterocycles. The monoisotopic (exact) mass is 233 g/mol. The number of carbonyl (C=O) groups excluding carboxylic acids is 1. The molecule has 0 aliphatic carbocycles. The van der Waals surface area contributed by atoms with E-state index in [1.807, 2.05) is 25.1 Å². The number of fused-ring (bicyclic) bond motifs is 1. The molecule has 0 saturated heterocycles. The van der Waals surface area contributed by atoms with Crippen molar-refractivity contribution < 1.29 is 9.53 Å². The molecule has 0 spiro atoms. The molecule has 0 aromatic heterocycles. The second-order valence-electron chi connectivity index (χ2n) is 5.12. The van der Waals surface area contributed by atoms with E-state index in [-0.39, 0.29) is 11.8 Å². The van der Waals surface area contributed by atoms with Crippen LogP contribution in [0.1, 0.15) is 19.4 Å². The lowest BCUT2D eigenvalue weighted by atomic mass is 9.81. The van der Waals surface area contributed by atoms with Gasteiger partial charge in [-0.25, -0.2) is 0 Å². The summed E-state index contributed by atoms with van der Waals surface area (Å²) in [7, 11) is 3.54. The predicted molar refractivity (Wildman–Crippen MR) is 67.0 cm³/mol. The molecule has 1 aromatic carbocycles. The molecule has 1 amide bonds. The molecule has 1 aliphatic rings. The Bertz CT molecular complexity index is 442. The van der Waals surface area contributed by atoms with Gasteiger partial charge in [-0.1, -0.05) is 25.1 Å². The van der Waals surface area contributed by atoms with Crippen LogP contribution < -0.4 is 4.74 Å². The highest BCUT2D eigenvalue weighted by Crippen LogP contribution is 2.37. The molecular formula is C14H19NO2. The zero-order valence-corrected chi connectivity index (χ0v) is 10.9. The molecule has 0 N–H and O–H groups in total. The number of amides is 1. The Morgan fingerprint density at radius 1 is 1.41 bits per heavy atom. The molecule has 2 atom stereocenters. The fraction of sp³-hybridized carbons (Fsp3) is 0.500. The van der Waals surface area contributed by atoms with Crippen molar-refractivity contribution in [1.82, 2.24) is 4.90 Å². The molecule has 17 heavy (non-hydrogen) atoms. The Balaban J connectivity index is 2.37. The van der Waals surface area contributed by atoms with Gasteiger partial charge >= 0.3 is 0 Å². The largest absolute Gasteiger partial charge is 0.477 e. The standard InChI is InChI=1S/C14H19NO2/c1-10-9-11-7-5-6-8-12(11)17-14(10,2)13(16)15(3)4/h5-8,10H,9H2,1-4H3. The highest BCUT2D eigenvalue weighted by atomic mass is 16.5. The van der Waals surface area contributed by atoms with Gasteiger partial charge < -0.3 is 9.64 Å². The lowest BCUT2D eigenvalue weighted by Crippen LogP contribution is -2.55. The summed E-state index contributed by atoms with van der Waals surface area (Å²) in [6.45, 7) is 3.95. The Morgan fingerprint density at radius 3 is 2.71 bits per heavy atom. The lowest BCUT2D eigenvalue weighted by molar-refractivity contribution is -0.149. The molecule has 1 heterocycles. The van der Waals surface area contributed by atoms with Crippen LogP contribution in [0.15, 0.2) is 24.3 Å². The van der Waals surface area contributed by atoms with Crippen LogP contribution in [0.25, 0.3) is 0 Å². The molecule has 0 bridgehead atoms. The maximum Gasteiger partial charge on any atom is 0.266 e. The summed E-state index contributed by atoms with van der Waals surface area (Å²) >= 11 is 0. The van der Waals surface area contributed by atoms with Crippen molar-refractivity contribution in [1.29, 1.82) is 0 Å². The lowest BCUT2D eigenvalue weighted by Gasteiger charge is -2.40. The van der Waals surface area contributed by atoms with Gasteiger partial charge in [0.15, 0.2) is 5.60 Å². The van der Waals surface area contributed by atoms with E-state index in [9.17, 15) is 4.79 Å². The number of likely N-dealkylation sites (N-methyl/N-ethyl adjacent to an activating group) is 1. The van der Waals surface area contributed by atoms with Gasteiger partial charge in [-0.15, -0.1) is 0 Å². The summed E-state index contributed by atoms with van der Waals surface area (Å²) < 4.78 is 5.96. The summed E-state index contributed by atoms with van der Waals surface area (Å²) in [5, 5.41) is 0. The predicted octanol–water partition coefficient (Wildman–Crippen LogP) is 2.10. The smallest absolute Gasteiger partial charge is 0.266 e. The van der Waals surface area contributed by atoms with Crippen LogP contribution in [0, 0.1) is 5.92 Å². The van der Waals surface area contributed by atoms with E-state index in [4.69, 9.17) is 4.74 Å². The zero-order valence-electron chi connectivity index (χ0n) is 10.9. The highest BCUT2D eigenvalue weighted by molar-refractivity contribution is 5.85. The molecule has 92 valence electrons. The Kier molecular flexibility index (Phi) is 2.86. The van der Waals surface area contributed by atoms with Gasteiger partial charge in [0.2, 0.25) is 0 Å². The van der Waals surface area contributed by atoms with Crippen molar-refractivity contribution in [2.24, 2.45) is 5.92 Å². The number of hydrogen-bond acceptors (Lipinski definition) is 2. The third kappa shape index (κ3) is 1.90. The molecule has 1 aromatic rings. The average molecular weight is 233 g/mol. The molecule has 3 nitrogen and oxygen atoms in total. The maximum absolute atomic E-state index is 12.2. The number of carbonyl (C=O) groups is 1. The maximum atomic E-state index is 12.2. The second kappa shape index (κ2) is 4.06. The first-order valence-electron chi connectivity index (χ1n) is 5.94. The van der Waals surface area contributed by atoms with Gasteiger partial charge in [-0.3, -0.25) is 4.79 Å². The Hall–Kier alpha value is -1.51. The van der Waals surface area contributed by atoms with E-state index in [2.05, 4.69) is 13.0 Å². The topological polar surface area (TPSA) is 29.5 Å². The van der Waals surface area contributed by atoms with Crippen LogP contribution in [0.2, 0.25) is 0 Å². The van der Waals surface area contributed by atoms with Crippen molar-refractivity contribution in [3.05, 3.63) is 29.8 Å². The molecule has 0 fully saturated rings. The molecular weight excluding hydrogens is 214 g/mol. The number of benzene rings is 1. The fourth-order valence-electron chi connectivity index (χ4n) is 2.32. The molecule has 2 rings (SSSR count). The number of para-hydroxylation sites is 1. The summed E-state index contributed by atoms with van der Waals surface area (Å²) in [6.07, 6.45) is 0.881. The van der Waals surface area contributed by atoms with Crippen LogP contribution in [-0.2, 0) is 11.2 Å². The quantitative estimate of drug-likeness (QED) is 0.743. The SMILES string of the molecule is CC1Cc2ccccc2OC1(C)C(=O)N(C)C. The second-order valence-corrected chi connectivity index (χ2v) is 5.12. The normalized spacial score (nSPS) is 26.9. The minimum absolute atomic E-state index is 0.0273. The van der Waals surface area contributed by atoms with Gasteiger partial charge in [0.25, 0.3) is 5.91 Å². The Labute approximate surface area is 102 Å². The van der Waals surface area contributed by atoms with Crippen molar-refractivity contribution >= 4 is 5.91 Å². The van der Waals surface area contributed by atoms with Crippen molar-refractivity contribution in [2.45, 2.75) is 25.9 Å². The first-order valence-corrected chi connectivity index (χ1v) is 5.94. The molecule has 0 saturated carbocycles. The van der Waals surface area contributed by atoms with E-state index in [1.54, 1.807) is 19.0 Å². The van der Waals surface area contributed by atoms with Crippen LogP contribution in [-0.4, -0.2) is 30.5 Å². The van der Waals surface area contributed by atoms with E-state index < -0.39 is 5.60 Å². The first kappa shape index (κ1) is 12.0. The van der Waals surface area contributed by atoms with Crippen LogP contribution in [0.4, 0.5) is 0 Å². The van der Waals surface area contributed by atoms with E-state index in [1.165, 1.54) is 5.56 Å². The summed E-state index contributed by atoms with van der Waals surface area (Å²) in [4.78, 5) is 13.8. The number of hydrogen-bond donors (Lipinski definition) is 0. The molecule has 3 heteroatoms. The summed E-state index contributed by atoms with van der Waals surface area (Å²) in [5.41, 5.74) is 0.432. The molecule has 2 unspecified atom stereocenters. The first-order chi connectivity index (χ1) is 7.95. The Morgan fingerprint density at radius 2 is 2.06 bits per heavy atom. The van der Waals surface area contributed by atoms with Crippen molar-refractivity contribution in [2.75, 3.05) is 14.1 Å². The summed E-state index contributed by atoms with van der Waals surface area (Å²) in [6, 6.07) is 7.94. The third-order valence-corrected chi connectivity index (χ3v) is 3.59. The average Bonchev–Trinajstić information content (AvgIpc) is 2.29. The fourth-order valence-corrected chi connectivity index (χ4v) is 2.32. The minimum atomic E-state index is -0.752. The zero-order chi connectivity index (χ0) is 12.6. The highest BCUT2D eigenvalue weighted by Gasteiger charge is 2.45. The van der Waals surface area contributed by atoms with Gasteiger partial charge in [-0.05, 0) is 25.0 Å². The van der Waals surface area contributed by atoms with Gasteiger partial charge in [0, 0.05) is 20.0 Å². The van der Waals surface area contributed by atoms with Crippen molar-refractivity contribution in [3.63, 3.8) is 0 Å². The van der Waals surface area contributed by atoms with Crippen LogP contribution >= 0.6 is 0 Å². The number of ether oxygens (including phenoxy) is 1. The van der Waals surface area contributed by atoms with Gasteiger partial charge in [-0.2, -0.15) is 0 Å². The summed E-state index contributed by atoms with van der Waals surface area (Å²) in [5.74, 6) is 1.04. The number of nitrogens with zero attached hydrogens (tertiary/aromatic N) is 1. The van der Waals surface area contributed by atoms with Crippen LogP contribution in [0.5, 0.6) is 5.75 Å². The van der Waals surface area contributed by atoms with Crippen molar-refractivity contribution in [3.8, 4) is 5.75 Å². The number of rotatable bonds is 1. The van der Waals surface area contributed by atoms with Gasteiger partial charge in [0.1, 0.15) is 5.75 Å². The van der Waals surface area contributed by atoms with E-state index in [0.717, 1.165) is 12.2 Å². The third-order valence-electron chi connectivity index (χ3n) is 3.59.